The van der Waals surface area contributed by atoms with Gasteiger partial charge in [0, 0.05) is 6.61 Å². The average molecular weight is 193 g/mol. The van der Waals surface area contributed by atoms with Crippen LogP contribution in [0.2, 0.25) is 0 Å². The van der Waals surface area contributed by atoms with Crippen molar-refractivity contribution in [1.29, 1.82) is 5.26 Å². The van der Waals surface area contributed by atoms with Crippen molar-refractivity contribution >= 4 is 0 Å². The van der Waals surface area contributed by atoms with E-state index in [1.54, 1.807) is 0 Å². The Morgan fingerprint density at radius 2 is 1.86 bits per heavy atom. The van der Waals surface area contributed by atoms with E-state index < -0.39 is 0 Å². The molecule has 78 valence electrons. The van der Waals surface area contributed by atoms with E-state index >= 15 is 0 Å². The second-order valence-electron chi connectivity index (χ2n) is 4.69. The third kappa shape index (κ3) is 2.72. The van der Waals surface area contributed by atoms with Crippen LogP contribution < -0.4 is 0 Å². The Morgan fingerprint density at radius 1 is 1.07 bits per heavy atom. The zero-order valence-corrected chi connectivity index (χ0v) is 8.74. The second kappa shape index (κ2) is 4.79. The summed E-state index contributed by atoms with van der Waals surface area (Å²) in [5, 5.41) is 9.04. The van der Waals surface area contributed by atoms with Crippen LogP contribution in [-0.4, -0.2) is 12.7 Å². The van der Waals surface area contributed by atoms with Crippen LogP contribution in [-0.2, 0) is 4.74 Å². The van der Waals surface area contributed by atoms with Crippen LogP contribution in [0.5, 0.6) is 0 Å². The third-order valence-electron chi connectivity index (χ3n) is 3.36. The predicted octanol–water partition coefficient (Wildman–Crippen LogP) is 2.89. The lowest BCUT2D eigenvalue weighted by molar-refractivity contribution is 0.0170. The van der Waals surface area contributed by atoms with Crippen molar-refractivity contribution in [2.45, 2.75) is 51.0 Å². The molecule has 0 N–H and O–H groups in total. The summed E-state index contributed by atoms with van der Waals surface area (Å²) >= 11 is 0. The lowest BCUT2D eigenvalue weighted by Gasteiger charge is -2.19. The first-order chi connectivity index (χ1) is 6.90. The summed E-state index contributed by atoms with van der Waals surface area (Å²) in [6, 6.07) is 2.41. The van der Waals surface area contributed by atoms with E-state index in [2.05, 4.69) is 6.07 Å². The van der Waals surface area contributed by atoms with Gasteiger partial charge in [-0.3, -0.25) is 0 Å². The largest absolute Gasteiger partial charge is 0.377 e. The predicted molar refractivity (Wildman–Crippen MR) is 54.7 cm³/mol. The Hall–Kier alpha value is -0.550. The van der Waals surface area contributed by atoms with Crippen molar-refractivity contribution in [2.75, 3.05) is 6.61 Å². The van der Waals surface area contributed by atoms with Crippen LogP contribution >= 0.6 is 0 Å². The monoisotopic (exact) mass is 193 g/mol. The molecule has 2 saturated carbocycles. The molecule has 0 spiro atoms. The lowest BCUT2D eigenvalue weighted by Crippen LogP contribution is -2.22. The average Bonchev–Trinajstić information content (AvgIpc) is 3.02. The van der Waals surface area contributed by atoms with Crippen molar-refractivity contribution in [3.63, 3.8) is 0 Å². The zero-order chi connectivity index (χ0) is 9.80. The van der Waals surface area contributed by atoms with E-state index in [9.17, 15) is 0 Å². The maximum absolute atomic E-state index is 9.04. The molecule has 2 rings (SSSR count). The summed E-state index contributed by atoms with van der Waals surface area (Å²) in [6.45, 7) is 0.906. The fourth-order valence-corrected chi connectivity index (χ4v) is 2.16. The van der Waals surface area contributed by atoms with Crippen LogP contribution in [0.1, 0.15) is 44.9 Å². The topological polar surface area (TPSA) is 33.0 Å². The number of hydrogen-bond donors (Lipinski definition) is 0. The Kier molecular flexibility index (Phi) is 3.42. The number of nitrogens with zero attached hydrogens (tertiary/aromatic N) is 1. The second-order valence-corrected chi connectivity index (χ2v) is 4.69. The van der Waals surface area contributed by atoms with Crippen LogP contribution in [0.15, 0.2) is 0 Å². The minimum atomic E-state index is 0.163. The molecule has 0 heterocycles. The van der Waals surface area contributed by atoms with Gasteiger partial charge in [0.25, 0.3) is 0 Å². The highest BCUT2D eigenvalue weighted by molar-refractivity contribution is 4.91. The van der Waals surface area contributed by atoms with Gasteiger partial charge in [0.2, 0.25) is 0 Å². The van der Waals surface area contributed by atoms with E-state index in [-0.39, 0.29) is 12.0 Å². The first kappa shape index (κ1) is 9.98. The van der Waals surface area contributed by atoms with Gasteiger partial charge in [-0.05, 0) is 31.6 Å². The first-order valence-electron chi connectivity index (χ1n) is 5.91. The van der Waals surface area contributed by atoms with Crippen LogP contribution in [0, 0.1) is 23.2 Å². The molecule has 0 aromatic carbocycles. The van der Waals surface area contributed by atoms with Gasteiger partial charge in [0.1, 0.15) is 0 Å². The Bertz CT molecular complexity index is 217. The van der Waals surface area contributed by atoms with Crippen molar-refractivity contribution in [3.05, 3.63) is 0 Å². The van der Waals surface area contributed by atoms with E-state index in [0.29, 0.717) is 0 Å². The van der Waals surface area contributed by atoms with Gasteiger partial charge in [-0.2, -0.15) is 5.26 Å². The van der Waals surface area contributed by atoms with Gasteiger partial charge < -0.3 is 4.74 Å². The smallest absolute Gasteiger partial charge is 0.0733 e. The highest BCUT2D eigenvalue weighted by Crippen LogP contribution is 2.32. The van der Waals surface area contributed by atoms with Gasteiger partial charge in [-0.1, -0.05) is 19.3 Å². The molecule has 2 nitrogen and oxygen atoms in total. The molecular formula is C12H19NO. The molecule has 2 aliphatic rings. The number of hydrogen-bond acceptors (Lipinski definition) is 2. The normalized spacial score (nSPS) is 33.4. The molecule has 0 radical (unpaired) electrons. The van der Waals surface area contributed by atoms with Gasteiger partial charge in [-0.15, -0.1) is 0 Å². The van der Waals surface area contributed by atoms with Crippen LogP contribution in [0.25, 0.3) is 0 Å². The van der Waals surface area contributed by atoms with E-state index in [1.807, 2.05) is 0 Å². The first-order valence-corrected chi connectivity index (χ1v) is 5.91. The van der Waals surface area contributed by atoms with Gasteiger partial charge in [-0.25, -0.2) is 0 Å². The molecule has 2 aliphatic carbocycles. The van der Waals surface area contributed by atoms with Gasteiger partial charge >= 0.3 is 0 Å². The molecule has 2 fully saturated rings. The summed E-state index contributed by atoms with van der Waals surface area (Å²) in [5.41, 5.74) is 0. The summed E-state index contributed by atoms with van der Waals surface area (Å²) in [7, 11) is 0. The fourth-order valence-electron chi connectivity index (χ4n) is 2.16. The third-order valence-corrected chi connectivity index (χ3v) is 3.36. The summed E-state index contributed by atoms with van der Waals surface area (Å²) in [6.07, 6.45) is 8.80. The van der Waals surface area contributed by atoms with E-state index in [4.69, 9.17) is 10.00 Å². The van der Waals surface area contributed by atoms with Crippen molar-refractivity contribution < 1.29 is 4.74 Å². The molecule has 2 unspecified atom stereocenters. The summed E-state index contributed by atoms with van der Waals surface area (Å²) in [5.74, 6) is 0.980. The maximum atomic E-state index is 9.04. The number of rotatable bonds is 3. The SMILES string of the molecule is N#CC1CCCCCC1OCC1CC1. The van der Waals surface area contributed by atoms with E-state index in [1.165, 1.54) is 32.1 Å². The zero-order valence-electron chi connectivity index (χ0n) is 8.74. The molecule has 0 saturated heterocycles. The molecule has 14 heavy (non-hydrogen) atoms. The van der Waals surface area contributed by atoms with E-state index in [0.717, 1.165) is 25.4 Å². The van der Waals surface area contributed by atoms with Gasteiger partial charge in [0.05, 0.1) is 18.1 Å². The molecule has 0 aromatic heterocycles. The van der Waals surface area contributed by atoms with Crippen molar-refractivity contribution in [1.82, 2.24) is 0 Å². The quantitative estimate of drug-likeness (QED) is 0.646. The standard InChI is InChI=1S/C12H19NO/c13-8-11-4-2-1-3-5-12(11)14-9-10-6-7-10/h10-12H,1-7,9H2. The van der Waals surface area contributed by atoms with Crippen LogP contribution in [0.4, 0.5) is 0 Å². The minimum absolute atomic E-state index is 0.163. The highest BCUT2D eigenvalue weighted by Gasteiger charge is 2.27. The number of nitriles is 1. The Morgan fingerprint density at radius 3 is 2.57 bits per heavy atom. The lowest BCUT2D eigenvalue weighted by atomic mass is 9.99. The molecule has 0 aromatic rings. The van der Waals surface area contributed by atoms with Crippen molar-refractivity contribution in [2.24, 2.45) is 11.8 Å². The summed E-state index contributed by atoms with van der Waals surface area (Å²) in [4.78, 5) is 0. The van der Waals surface area contributed by atoms with Gasteiger partial charge in [0.15, 0.2) is 0 Å². The number of ether oxygens (including phenoxy) is 1. The molecule has 2 atom stereocenters. The molecule has 0 amide bonds. The minimum Gasteiger partial charge on any atom is -0.377 e. The van der Waals surface area contributed by atoms with Crippen LogP contribution in [0.3, 0.4) is 0 Å². The molecule has 0 aliphatic heterocycles. The molecule has 2 heteroatoms. The summed E-state index contributed by atoms with van der Waals surface area (Å²) < 4.78 is 5.87. The molecular weight excluding hydrogens is 174 g/mol. The fraction of sp³-hybridized carbons (Fsp3) is 0.917. The van der Waals surface area contributed by atoms with Crippen molar-refractivity contribution in [3.8, 4) is 6.07 Å². The maximum Gasteiger partial charge on any atom is 0.0733 e. The Balaban J connectivity index is 1.81. The Labute approximate surface area is 86.2 Å². The highest BCUT2D eigenvalue weighted by atomic mass is 16.5. The molecule has 0 bridgehead atoms.